The third-order valence-electron chi connectivity index (χ3n) is 15.2. The van der Waals surface area contributed by atoms with Gasteiger partial charge < -0.3 is 9.80 Å². The molecule has 6 aliphatic rings. The van der Waals surface area contributed by atoms with E-state index in [1.165, 1.54) is 96.4 Å². The lowest BCUT2D eigenvalue weighted by Crippen LogP contribution is -2.61. The Morgan fingerprint density at radius 3 is 1.91 bits per heavy atom. The fourth-order valence-corrected chi connectivity index (χ4v) is 13.6. The van der Waals surface area contributed by atoms with Crippen molar-refractivity contribution in [3.05, 3.63) is 111 Å². The fraction of sp³-hybridized carbons (Fsp3) is 0.423. The monoisotopic (exact) mass is 752 g/mol. The average Bonchev–Trinajstić information content (AvgIpc) is 3.80. The Morgan fingerprint density at radius 1 is 0.696 bits per heavy atom. The molecule has 56 heavy (non-hydrogen) atoms. The number of nitrogens with zero attached hydrogens (tertiary/aromatic N) is 2. The van der Waals surface area contributed by atoms with Crippen molar-refractivity contribution in [1.82, 2.24) is 0 Å². The van der Waals surface area contributed by atoms with Crippen LogP contribution < -0.4 is 35.3 Å². The molecule has 0 N–H and O–H groups in total. The van der Waals surface area contributed by atoms with Crippen LogP contribution in [0.4, 0.5) is 34.1 Å². The molecule has 11 rings (SSSR count). The molecule has 3 fully saturated rings. The summed E-state index contributed by atoms with van der Waals surface area (Å²) >= 11 is 2.06. The Balaban J connectivity index is 1.23. The topological polar surface area (TPSA) is 6.48 Å². The van der Waals surface area contributed by atoms with E-state index < -0.39 is 0 Å². The minimum Gasteiger partial charge on any atom is -0.311 e. The van der Waals surface area contributed by atoms with E-state index in [2.05, 4.69) is 181 Å². The second-order valence-corrected chi connectivity index (χ2v) is 22.7. The summed E-state index contributed by atoms with van der Waals surface area (Å²) in [6.45, 7) is 21.4. The fourth-order valence-electron chi connectivity index (χ4n) is 12.2. The minimum absolute atomic E-state index is 0.0917. The standard InChI is InChI=1S/C52H57BN2S/c1-49(2,3)33-14-19-37(20-15-33)54-42-13-11-10-12-41(42)53-46-43(54)27-36(52-29-31-24-32(30-52)40(52)25-31)28-44(46)55(38-21-16-34(17-22-38)50(4,5)6)47-39-26-35(51(7,8)9)18-23-45(39)56-48(47)53/h10-17,19-23,26-28,31-32,35,40H,18,24-25,29-30H2,1-9H3. The first-order valence-electron chi connectivity index (χ1n) is 21.5. The Bertz CT molecular complexity index is 2560. The highest BCUT2D eigenvalue weighted by Gasteiger charge is 2.65. The van der Waals surface area contributed by atoms with Gasteiger partial charge in [-0.2, -0.15) is 0 Å². The molecule has 1 aromatic heterocycles. The van der Waals surface area contributed by atoms with Crippen molar-refractivity contribution >= 4 is 80.0 Å². The van der Waals surface area contributed by atoms with E-state index in [1.54, 1.807) is 5.56 Å². The van der Waals surface area contributed by atoms with Gasteiger partial charge in [-0.05, 0) is 148 Å². The summed E-state index contributed by atoms with van der Waals surface area (Å²) in [5.41, 5.74) is 16.0. The van der Waals surface area contributed by atoms with Crippen LogP contribution in [0.1, 0.15) is 111 Å². The number of benzene rings is 4. The lowest BCUT2D eigenvalue weighted by atomic mass is 9.36. The molecule has 284 valence electrons. The van der Waals surface area contributed by atoms with Crippen molar-refractivity contribution < 1.29 is 0 Å². The number of hydrogen-bond donors (Lipinski definition) is 0. The zero-order valence-corrected chi connectivity index (χ0v) is 35.8. The summed E-state index contributed by atoms with van der Waals surface area (Å²) < 4.78 is 2.95. The number of rotatable bonds is 3. The molecule has 2 nitrogen and oxygen atoms in total. The first kappa shape index (κ1) is 35.2. The third kappa shape index (κ3) is 4.93. The molecule has 0 saturated heterocycles. The molecular formula is C52H57BN2S. The molecular weight excluding hydrogens is 695 g/mol. The predicted octanol–water partition coefficient (Wildman–Crippen LogP) is 10.7. The Hall–Kier alpha value is -4.02. The Kier molecular flexibility index (Phi) is 7.26. The molecule has 4 aliphatic carbocycles. The van der Waals surface area contributed by atoms with E-state index in [4.69, 9.17) is 0 Å². The molecule has 3 heterocycles. The first-order valence-corrected chi connectivity index (χ1v) is 22.4. The second kappa shape index (κ2) is 11.6. The van der Waals surface area contributed by atoms with E-state index >= 15 is 0 Å². The molecule has 5 unspecified atom stereocenters. The minimum atomic E-state index is 0.0917. The average molecular weight is 753 g/mol. The van der Waals surface area contributed by atoms with Crippen molar-refractivity contribution in [3.8, 4) is 0 Å². The van der Waals surface area contributed by atoms with E-state index in [9.17, 15) is 0 Å². The summed E-state index contributed by atoms with van der Waals surface area (Å²) in [7, 11) is 0. The van der Waals surface area contributed by atoms with Crippen LogP contribution in [-0.4, -0.2) is 6.71 Å². The third-order valence-corrected chi connectivity index (χ3v) is 16.5. The summed E-state index contributed by atoms with van der Waals surface area (Å²) in [6.07, 6.45) is 12.0. The highest BCUT2D eigenvalue weighted by molar-refractivity contribution is 7.27. The van der Waals surface area contributed by atoms with Crippen molar-refractivity contribution in [2.75, 3.05) is 9.80 Å². The van der Waals surface area contributed by atoms with Gasteiger partial charge in [-0.1, -0.05) is 117 Å². The number of thiophene rings is 1. The molecule has 0 amide bonds. The van der Waals surface area contributed by atoms with Gasteiger partial charge in [-0.25, -0.2) is 0 Å². The van der Waals surface area contributed by atoms with Gasteiger partial charge in [0.15, 0.2) is 0 Å². The zero-order valence-electron chi connectivity index (χ0n) is 35.0. The number of anilines is 6. The summed E-state index contributed by atoms with van der Waals surface area (Å²) in [6, 6.07) is 34.0. The maximum Gasteiger partial charge on any atom is 0.264 e. The highest BCUT2D eigenvalue weighted by atomic mass is 32.1. The number of hydrogen-bond acceptors (Lipinski definition) is 3. The zero-order chi connectivity index (χ0) is 38.7. The van der Waals surface area contributed by atoms with Crippen LogP contribution in [0.2, 0.25) is 0 Å². The molecule has 4 heteroatoms. The van der Waals surface area contributed by atoms with Crippen molar-refractivity contribution in [2.24, 2.45) is 29.1 Å². The van der Waals surface area contributed by atoms with E-state index in [-0.39, 0.29) is 23.0 Å². The maximum absolute atomic E-state index is 2.74. The van der Waals surface area contributed by atoms with Crippen LogP contribution >= 0.6 is 11.3 Å². The van der Waals surface area contributed by atoms with E-state index in [1.807, 2.05) is 0 Å². The van der Waals surface area contributed by atoms with Crippen LogP contribution in [0.25, 0.3) is 12.2 Å². The largest absolute Gasteiger partial charge is 0.311 e. The molecule has 4 aromatic carbocycles. The van der Waals surface area contributed by atoms with E-state index in [0.29, 0.717) is 11.3 Å². The van der Waals surface area contributed by atoms with Gasteiger partial charge in [0.1, 0.15) is 0 Å². The van der Waals surface area contributed by atoms with Crippen LogP contribution in [0.15, 0.2) is 84.9 Å². The molecule has 5 aromatic rings. The molecule has 0 spiro atoms. The van der Waals surface area contributed by atoms with Crippen LogP contribution in [0.3, 0.4) is 0 Å². The molecule has 2 aliphatic heterocycles. The van der Waals surface area contributed by atoms with Crippen molar-refractivity contribution in [2.45, 2.75) is 111 Å². The second-order valence-electron chi connectivity index (χ2n) is 21.6. The Labute approximate surface area is 339 Å². The van der Waals surface area contributed by atoms with Crippen molar-refractivity contribution in [3.63, 3.8) is 0 Å². The van der Waals surface area contributed by atoms with Crippen LogP contribution in [-0.2, 0) is 16.2 Å². The molecule has 3 saturated carbocycles. The number of fused-ring (bicyclic) bond motifs is 7. The SMILES string of the molecule is CC(C)(C)c1ccc(N2c3ccccc3B3c4sc5c(c4N(c4ccc(C(C)(C)C)cc4)c4cc(C67CC8CC(C6)C7C8)cc2c43)=CC(C(C)(C)C)CC=5)cc1. The lowest BCUT2D eigenvalue weighted by molar-refractivity contribution is 0.0399. The van der Waals surface area contributed by atoms with E-state index in [0.717, 1.165) is 24.2 Å². The van der Waals surface area contributed by atoms with Crippen LogP contribution in [0.5, 0.6) is 0 Å². The Morgan fingerprint density at radius 2 is 1.32 bits per heavy atom. The highest BCUT2D eigenvalue weighted by Crippen LogP contribution is 2.71. The van der Waals surface area contributed by atoms with Gasteiger partial charge in [-0.15, -0.1) is 11.3 Å². The van der Waals surface area contributed by atoms with Crippen molar-refractivity contribution in [1.29, 1.82) is 0 Å². The smallest absolute Gasteiger partial charge is 0.264 e. The summed E-state index contributed by atoms with van der Waals surface area (Å²) in [5, 5.41) is 1.45. The van der Waals surface area contributed by atoms with Gasteiger partial charge in [0, 0.05) is 43.0 Å². The van der Waals surface area contributed by atoms with Gasteiger partial charge in [0.25, 0.3) is 6.71 Å². The summed E-state index contributed by atoms with van der Waals surface area (Å²) in [4.78, 5) is 5.38. The number of para-hydroxylation sites is 1. The normalized spacial score (nSPS) is 25.5. The quantitative estimate of drug-likeness (QED) is 0.166. The first-order chi connectivity index (χ1) is 26.6. The van der Waals surface area contributed by atoms with Gasteiger partial charge >= 0.3 is 0 Å². The van der Waals surface area contributed by atoms with Gasteiger partial charge in [-0.3, -0.25) is 0 Å². The molecule has 0 radical (unpaired) electrons. The molecule has 2 bridgehead atoms. The van der Waals surface area contributed by atoms with Crippen LogP contribution in [0, 0.1) is 29.1 Å². The lowest BCUT2D eigenvalue weighted by Gasteiger charge is -2.55. The molecule has 5 atom stereocenters. The predicted molar refractivity (Wildman–Crippen MR) is 242 cm³/mol. The maximum atomic E-state index is 2.74. The van der Waals surface area contributed by atoms with Gasteiger partial charge in [0.2, 0.25) is 0 Å². The van der Waals surface area contributed by atoms with Gasteiger partial charge in [0.05, 0.1) is 5.69 Å². The summed E-state index contributed by atoms with van der Waals surface area (Å²) in [5.74, 6) is 3.16.